The maximum absolute atomic E-state index is 5.97. The third-order valence-corrected chi connectivity index (χ3v) is 8.33. The summed E-state index contributed by atoms with van der Waals surface area (Å²) < 4.78 is 7.88. The molecular weight excluding hydrogens is 516 g/mol. The van der Waals surface area contributed by atoms with Crippen LogP contribution in [0, 0.1) is 13.8 Å². The molecule has 40 heavy (non-hydrogen) atoms. The number of hydrogen-bond acceptors (Lipinski definition) is 5. The first-order chi connectivity index (χ1) is 19.4. The second-order valence-corrected chi connectivity index (χ2v) is 11.1. The SMILES string of the molecule is Cc1cc([C@@H]2[C@@H](c3ccccn3)NC(=S)N2c2ccc(N(C)C)cc2)c(C)n1-c1ccc(N2CCOCC2)cc1. The summed E-state index contributed by atoms with van der Waals surface area (Å²) in [5.74, 6) is 0. The van der Waals surface area contributed by atoms with Gasteiger partial charge < -0.3 is 29.3 Å². The zero-order chi connectivity index (χ0) is 27.8. The lowest BCUT2D eigenvalue weighted by molar-refractivity contribution is 0.122. The van der Waals surface area contributed by atoms with Gasteiger partial charge in [-0.3, -0.25) is 4.98 Å². The molecule has 2 aliphatic rings. The van der Waals surface area contributed by atoms with Crippen LogP contribution in [0.1, 0.15) is 34.7 Å². The number of ether oxygens (including phenoxy) is 1. The summed E-state index contributed by atoms with van der Waals surface area (Å²) in [5, 5.41) is 4.31. The fourth-order valence-corrected chi connectivity index (χ4v) is 6.32. The smallest absolute Gasteiger partial charge is 0.174 e. The van der Waals surface area contributed by atoms with E-state index in [0.29, 0.717) is 5.11 Å². The highest BCUT2D eigenvalue weighted by molar-refractivity contribution is 7.80. The predicted octanol–water partition coefficient (Wildman–Crippen LogP) is 5.57. The molecule has 2 aromatic heterocycles. The summed E-state index contributed by atoms with van der Waals surface area (Å²) in [6.07, 6.45) is 1.85. The Morgan fingerprint density at radius 1 is 0.900 bits per heavy atom. The standard InChI is InChI=1S/C32H36N6OS/c1-22-21-28(23(2)37(22)26-14-10-25(11-15-26)36-17-19-39-20-18-36)31-30(29-7-5-6-16-33-29)34-32(40)38(31)27-12-8-24(9-13-27)35(3)4/h5-16,21,30-31H,17-20H2,1-4H3,(H,34,40)/t30-,31-/m1/s1. The van der Waals surface area contributed by atoms with Crippen LogP contribution in [-0.4, -0.2) is 55.1 Å². The Morgan fingerprint density at radius 2 is 1.57 bits per heavy atom. The van der Waals surface area contributed by atoms with E-state index in [4.69, 9.17) is 21.9 Å². The van der Waals surface area contributed by atoms with Crippen LogP contribution in [0.4, 0.5) is 17.1 Å². The number of nitrogens with one attached hydrogen (secondary N) is 1. The number of morpholine rings is 1. The second-order valence-electron chi connectivity index (χ2n) is 10.7. The lowest BCUT2D eigenvalue weighted by Gasteiger charge is -2.29. The summed E-state index contributed by atoms with van der Waals surface area (Å²) >= 11 is 5.97. The van der Waals surface area contributed by atoms with Crippen LogP contribution < -0.4 is 20.0 Å². The molecular formula is C32H36N6OS. The minimum Gasteiger partial charge on any atom is -0.378 e. The number of thiocarbonyl (C=S) groups is 1. The van der Waals surface area contributed by atoms with E-state index in [-0.39, 0.29) is 12.1 Å². The minimum absolute atomic E-state index is 0.0554. The van der Waals surface area contributed by atoms with Gasteiger partial charge in [0.2, 0.25) is 0 Å². The van der Waals surface area contributed by atoms with Crippen molar-refractivity contribution in [1.82, 2.24) is 14.9 Å². The fraction of sp³-hybridized carbons (Fsp3) is 0.312. The molecule has 2 aromatic carbocycles. The Kier molecular flexibility index (Phi) is 7.21. The maximum Gasteiger partial charge on any atom is 0.174 e. The highest BCUT2D eigenvalue weighted by Crippen LogP contribution is 2.44. The Balaban J connectivity index is 1.40. The number of aromatic nitrogens is 2. The molecule has 7 nitrogen and oxygen atoms in total. The first-order valence-corrected chi connectivity index (χ1v) is 14.2. The topological polar surface area (TPSA) is 48.8 Å². The lowest BCUT2D eigenvalue weighted by atomic mass is 9.96. The van der Waals surface area contributed by atoms with Crippen LogP contribution in [0.3, 0.4) is 0 Å². The van der Waals surface area contributed by atoms with E-state index in [2.05, 4.69) is 113 Å². The van der Waals surface area contributed by atoms with Crippen molar-refractivity contribution in [3.63, 3.8) is 0 Å². The van der Waals surface area contributed by atoms with Gasteiger partial charge >= 0.3 is 0 Å². The van der Waals surface area contributed by atoms with Crippen molar-refractivity contribution in [2.75, 3.05) is 55.1 Å². The number of anilines is 3. The third kappa shape index (κ3) is 4.82. The van der Waals surface area contributed by atoms with Crippen molar-refractivity contribution in [3.05, 3.63) is 102 Å². The highest BCUT2D eigenvalue weighted by Gasteiger charge is 2.42. The molecule has 4 aromatic rings. The lowest BCUT2D eigenvalue weighted by Crippen LogP contribution is -2.36. The Labute approximate surface area is 242 Å². The van der Waals surface area contributed by atoms with E-state index >= 15 is 0 Å². The van der Waals surface area contributed by atoms with Crippen molar-refractivity contribution in [2.45, 2.75) is 25.9 Å². The number of benzene rings is 2. The van der Waals surface area contributed by atoms with Crippen LogP contribution in [0.15, 0.2) is 79.0 Å². The average Bonchev–Trinajstić information content (AvgIpc) is 3.48. The van der Waals surface area contributed by atoms with Gasteiger partial charge in [-0.05, 0) is 98.4 Å². The van der Waals surface area contributed by atoms with Crippen molar-refractivity contribution in [1.29, 1.82) is 0 Å². The molecule has 0 bridgehead atoms. The molecule has 0 saturated carbocycles. The van der Waals surface area contributed by atoms with Crippen LogP contribution in [0.2, 0.25) is 0 Å². The first-order valence-electron chi connectivity index (χ1n) is 13.8. The van der Waals surface area contributed by atoms with E-state index in [1.54, 1.807) is 0 Å². The van der Waals surface area contributed by atoms with Gasteiger partial charge in [-0.1, -0.05) is 6.07 Å². The van der Waals surface area contributed by atoms with Gasteiger partial charge in [-0.25, -0.2) is 0 Å². The molecule has 2 saturated heterocycles. The molecule has 8 heteroatoms. The molecule has 1 N–H and O–H groups in total. The highest BCUT2D eigenvalue weighted by atomic mass is 32.1. The van der Waals surface area contributed by atoms with Crippen LogP contribution in [0.5, 0.6) is 0 Å². The zero-order valence-electron chi connectivity index (χ0n) is 23.5. The van der Waals surface area contributed by atoms with Crippen LogP contribution in [-0.2, 0) is 4.74 Å². The number of hydrogen-bond donors (Lipinski definition) is 1. The number of pyridine rings is 1. The van der Waals surface area contributed by atoms with E-state index < -0.39 is 0 Å². The predicted molar refractivity (Wildman–Crippen MR) is 167 cm³/mol. The molecule has 2 aliphatic heterocycles. The summed E-state index contributed by atoms with van der Waals surface area (Å²) in [5.41, 5.74) is 9.20. The van der Waals surface area contributed by atoms with Crippen molar-refractivity contribution >= 4 is 34.4 Å². The molecule has 0 unspecified atom stereocenters. The molecule has 206 valence electrons. The van der Waals surface area contributed by atoms with Crippen molar-refractivity contribution in [2.24, 2.45) is 0 Å². The Hall–Kier alpha value is -3.88. The summed E-state index contributed by atoms with van der Waals surface area (Å²) in [4.78, 5) is 11.5. The van der Waals surface area contributed by atoms with Gasteiger partial charge in [0.1, 0.15) is 0 Å². The van der Waals surface area contributed by atoms with Gasteiger partial charge in [0, 0.05) is 67.5 Å². The maximum atomic E-state index is 5.97. The van der Waals surface area contributed by atoms with Crippen LogP contribution >= 0.6 is 12.2 Å². The molecule has 2 atom stereocenters. The van der Waals surface area contributed by atoms with E-state index in [1.807, 2.05) is 18.3 Å². The third-order valence-electron chi connectivity index (χ3n) is 8.02. The molecule has 0 aliphatic carbocycles. The van der Waals surface area contributed by atoms with Gasteiger partial charge in [0.25, 0.3) is 0 Å². The number of aryl methyl sites for hydroxylation is 1. The minimum atomic E-state index is -0.0835. The number of nitrogens with zero attached hydrogens (tertiary/aromatic N) is 5. The molecule has 4 heterocycles. The van der Waals surface area contributed by atoms with Gasteiger partial charge in [0.15, 0.2) is 5.11 Å². The summed E-state index contributed by atoms with van der Waals surface area (Å²) in [6.45, 7) is 7.81. The van der Waals surface area contributed by atoms with Gasteiger partial charge in [-0.2, -0.15) is 0 Å². The summed E-state index contributed by atoms with van der Waals surface area (Å²) in [7, 11) is 4.11. The van der Waals surface area contributed by atoms with E-state index in [1.165, 1.54) is 22.6 Å². The average molecular weight is 553 g/mol. The van der Waals surface area contributed by atoms with Gasteiger partial charge in [0.05, 0.1) is 31.0 Å². The van der Waals surface area contributed by atoms with Crippen molar-refractivity contribution in [3.8, 4) is 5.69 Å². The molecule has 2 fully saturated rings. The molecule has 0 radical (unpaired) electrons. The molecule has 0 spiro atoms. The van der Waals surface area contributed by atoms with Crippen LogP contribution in [0.25, 0.3) is 5.69 Å². The largest absolute Gasteiger partial charge is 0.378 e. The fourth-order valence-electron chi connectivity index (χ4n) is 5.98. The summed E-state index contributed by atoms with van der Waals surface area (Å²) in [6, 6.07) is 25.7. The normalized spacial score (nSPS) is 19.1. The monoisotopic (exact) mass is 552 g/mol. The molecule has 6 rings (SSSR count). The molecule has 0 amide bonds. The van der Waals surface area contributed by atoms with Gasteiger partial charge in [-0.15, -0.1) is 0 Å². The zero-order valence-corrected chi connectivity index (χ0v) is 24.4. The second kappa shape index (κ2) is 10.9. The quantitative estimate of drug-likeness (QED) is 0.314. The first kappa shape index (κ1) is 26.3. The number of rotatable bonds is 6. The van der Waals surface area contributed by atoms with E-state index in [0.717, 1.165) is 49.1 Å². The van der Waals surface area contributed by atoms with Crippen molar-refractivity contribution < 1.29 is 4.74 Å². The Bertz CT molecular complexity index is 1480. The van der Waals surface area contributed by atoms with E-state index in [9.17, 15) is 0 Å². The Morgan fingerprint density at radius 3 is 2.23 bits per heavy atom.